The van der Waals surface area contributed by atoms with Crippen molar-refractivity contribution in [2.45, 2.75) is 19.8 Å². The van der Waals surface area contributed by atoms with E-state index in [9.17, 15) is 4.79 Å². The molecule has 0 aliphatic rings. The molecule has 2 rings (SSSR count). The molecule has 22 heavy (non-hydrogen) atoms. The molecule has 0 fully saturated rings. The normalized spacial score (nSPS) is 10.5. The van der Waals surface area contributed by atoms with Crippen LogP contribution in [0, 0.1) is 0 Å². The molecule has 7 nitrogen and oxygen atoms in total. The smallest absolute Gasteiger partial charge is 0.274 e. The fourth-order valence-electron chi connectivity index (χ4n) is 1.91. The average molecular weight is 304 g/mol. The molecule has 0 unspecified atom stereocenters. The molecule has 0 spiro atoms. The number of hydrogen-bond donors (Lipinski definition) is 3. The fourth-order valence-corrected chi connectivity index (χ4v) is 1.91. The van der Waals surface area contributed by atoms with E-state index in [1.54, 1.807) is 0 Å². The van der Waals surface area contributed by atoms with Crippen molar-refractivity contribution in [2.75, 3.05) is 25.1 Å². The monoisotopic (exact) mass is 304 g/mol. The first-order valence-electron chi connectivity index (χ1n) is 7.25. The molecule has 1 heterocycles. The van der Waals surface area contributed by atoms with E-state index in [1.165, 1.54) is 0 Å². The van der Waals surface area contributed by atoms with Gasteiger partial charge in [-0.2, -0.15) is 0 Å². The van der Waals surface area contributed by atoms with E-state index >= 15 is 0 Å². The molecular formula is C15H20N4O3. The summed E-state index contributed by atoms with van der Waals surface area (Å²) < 4.78 is 5.38. The highest BCUT2D eigenvalue weighted by Gasteiger charge is 2.06. The molecule has 0 aliphatic carbocycles. The minimum atomic E-state index is -0.268. The van der Waals surface area contributed by atoms with Crippen LogP contribution in [0.2, 0.25) is 0 Å². The van der Waals surface area contributed by atoms with Gasteiger partial charge in [-0.25, -0.2) is 0 Å². The number of benzene rings is 1. The lowest BCUT2D eigenvalue weighted by molar-refractivity contribution is 0.292. The molecule has 0 saturated heterocycles. The summed E-state index contributed by atoms with van der Waals surface area (Å²) in [6.07, 6.45) is 0.989. The van der Waals surface area contributed by atoms with Crippen molar-refractivity contribution in [3.8, 4) is 5.75 Å². The molecule has 1 aromatic carbocycles. The van der Waals surface area contributed by atoms with Crippen LogP contribution in [0.15, 0.2) is 29.1 Å². The second-order valence-corrected chi connectivity index (χ2v) is 4.71. The third-order valence-corrected chi connectivity index (χ3v) is 3.00. The highest BCUT2D eigenvalue weighted by molar-refractivity contribution is 5.30. The van der Waals surface area contributed by atoms with Gasteiger partial charge in [0.2, 0.25) is 5.95 Å². The summed E-state index contributed by atoms with van der Waals surface area (Å²) in [6.45, 7) is 3.16. The summed E-state index contributed by atoms with van der Waals surface area (Å²) in [5.74, 6) is 1.11. The van der Waals surface area contributed by atoms with E-state index in [2.05, 4.69) is 20.5 Å². The van der Waals surface area contributed by atoms with Crippen LogP contribution in [-0.4, -0.2) is 40.0 Å². The number of H-pyrrole nitrogens is 1. The highest BCUT2D eigenvalue weighted by Crippen LogP contribution is 2.13. The summed E-state index contributed by atoms with van der Waals surface area (Å²) in [4.78, 5) is 14.6. The summed E-state index contributed by atoms with van der Waals surface area (Å²) in [6, 6.07) is 7.54. The first-order valence-corrected chi connectivity index (χ1v) is 7.25. The van der Waals surface area contributed by atoms with Crippen LogP contribution in [0.3, 0.4) is 0 Å². The van der Waals surface area contributed by atoms with Gasteiger partial charge >= 0.3 is 0 Å². The average Bonchev–Trinajstić information content (AvgIpc) is 2.52. The van der Waals surface area contributed by atoms with Gasteiger partial charge in [-0.05, 0) is 31.0 Å². The number of ether oxygens (including phenoxy) is 1. The largest absolute Gasteiger partial charge is 0.494 e. The molecule has 0 radical (unpaired) electrons. The number of aromatic amines is 1. The van der Waals surface area contributed by atoms with Crippen LogP contribution in [0.5, 0.6) is 5.75 Å². The van der Waals surface area contributed by atoms with E-state index in [0.717, 1.165) is 11.3 Å². The van der Waals surface area contributed by atoms with Crippen LogP contribution in [-0.2, 0) is 6.42 Å². The molecule has 0 bridgehead atoms. The minimum absolute atomic E-state index is 0.0838. The maximum absolute atomic E-state index is 12.0. The topological polar surface area (TPSA) is 100 Å². The van der Waals surface area contributed by atoms with Gasteiger partial charge < -0.3 is 15.2 Å². The molecule has 3 N–H and O–H groups in total. The molecular weight excluding hydrogens is 284 g/mol. The van der Waals surface area contributed by atoms with Crippen LogP contribution in [0.1, 0.15) is 24.6 Å². The first-order chi connectivity index (χ1) is 10.7. The summed E-state index contributed by atoms with van der Waals surface area (Å²) >= 11 is 0. The summed E-state index contributed by atoms with van der Waals surface area (Å²) in [5, 5.41) is 19.5. The van der Waals surface area contributed by atoms with Crippen molar-refractivity contribution in [1.82, 2.24) is 15.2 Å². The number of anilines is 1. The molecule has 0 aliphatic heterocycles. The number of aromatic nitrogens is 3. The van der Waals surface area contributed by atoms with E-state index < -0.39 is 0 Å². The van der Waals surface area contributed by atoms with E-state index in [4.69, 9.17) is 9.84 Å². The quantitative estimate of drug-likeness (QED) is 0.628. The molecule has 118 valence electrons. The Morgan fingerprint density at radius 2 is 2.05 bits per heavy atom. The fraction of sp³-hybridized carbons (Fsp3) is 0.400. The Labute approximate surface area is 128 Å². The highest BCUT2D eigenvalue weighted by atomic mass is 16.5. The standard InChI is InChI=1S/C15H20N4O3/c1-2-22-12-6-4-11(5-7-12)10-13-14(21)17-15(19-18-13)16-8-3-9-20/h4-7,20H,2-3,8-10H2,1H3,(H2,16,17,19,21). The van der Waals surface area contributed by atoms with Gasteiger partial charge in [0.1, 0.15) is 11.4 Å². The molecule has 0 saturated carbocycles. The number of aliphatic hydroxyl groups is 1. The molecule has 0 atom stereocenters. The molecule has 0 amide bonds. The summed E-state index contributed by atoms with van der Waals surface area (Å²) in [5.41, 5.74) is 1.05. The third kappa shape index (κ3) is 4.56. The maximum atomic E-state index is 12.0. The first kappa shape index (κ1) is 16.0. The van der Waals surface area contributed by atoms with Crippen LogP contribution < -0.4 is 15.6 Å². The predicted octanol–water partition coefficient (Wildman–Crippen LogP) is 0.949. The maximum Gasteiger partial charge on any atom is 0.274 e. The Balaban J connectivity index is 2.01. The van der Waals surface area contributed by atoms with E-state index in [1.807, 2.05) is 31.2 Å². The van der Waals surface area contributed by atoms with Crippen molar-refractivity contribution >= 4 is 5.95 Å². The predicted molar refractivity (Wildman–Crippen MR) is 83.3 cm³/mol. The molecule has 1 aromatic heterocycles. The van der Waals surface area contributed by atoms with Gasteiger partial charge in [-0.1, -0.05) is 12.1 Å². The van der Waals surface area contributed by atoms with Crippen molar-refractivity contribution in [1.29, 1.82) is 0 Å². The van der Waals surface area contributed by atoms with Crippen molar-refractivity contribution < 1.29 is 9.84 Å². The molecule has 7 heteroatoms. The lowest BCUT2D eigenvalue weighted by atomic mass is 10.1. The number of hydrogen-bond acceptors (Lipinski definition) is 6. The molecule has 2 aromatic rings. The zero-order valence-corrected chi connectivity index (χ0v) is 12.5. The Hall–Kier alpha value is -2.41. The Bertz CT molecular complexity index is 640. The van der Waals surface area contributed by atoms with Gasteiger partial charge in [0.25, 0.3) is 5.56 Å². The zero-order chi connectivity index (χ0) is 15.8. The number of nitrogens with one attached hydrogen (secondary N) is 2. The Morgan fingerprint density at radius 3 is 2.68 bits per heavy atom. The van der Waals surface area contributed by atoms with Crippen LogP contribution in [0.4, 0.5) is 5.95 Å². The number of aliphatic hydroxyl groups excluding tert-OH is 1. The van der Waals surface area contributed by atoms with Gasteiger partial charge in [-0.15, -0.1) is 10.2 Å². The van der Waals surface area contributed by atoms with Crippen LogP contribution in [0.25, 0.3) is 0 Å². The Morgan fingerprint density at radius 1 is 1.27 bits per heavy atom. The number of nitrogens with zero attached hydrogens (tertiary/aromatic N) is 2. The number of rotatable bonds is 8. The Kier molecular flexibility index (Phi) is 5.91. The second-order valence-electron chi connectivity index (χ2n) is 4.71. The zero-order valence-electron chi connectivity index (χ0n) is 12.5. The van der Waals surface area contributed by atoms with Gasteiger partial charge in [0, 0.05) is 19.6 Å². The van der Waals surface area contributed by atoms with Crippen LogP contribution >= 0.6 is 0 Å². The lowest BCUT2D eigenvalue weighted by Gasteiger charge is -2.06. The van der Waals surface area contributed by atoms with Crippen molar-refractivity contribution in [3.05, 3.63) is 45.9 Å². The third-order valence-electron chi connectivity index (χ3n) is 3.00. The van der Waals surface area contributed by atoms with Crippen molar-refractivity contribution in [2.24, 2.45) is 0 Å². The summed E-state index contributed by atoms with van der Waals surface area (Å²) in [7, 11) is 0. The second kappa shape index (κ2) is 8.14. The SMILES string of the molecule is CCOc1ccc(Cc2nnc(NCCCO)[nH]c2=O)cc1. The minimum Gasteiger partial charge on any atom is -0.494 e. The van der Waals surface area contributed by atoms with Gasteiger partial charge in [-0.3, -0.25) is 9.78 Å². The van der Waals surface area contributed by atoms with E-state index in [0.29, 0.717) is 37.6 Å². The van der Waals surface area contributed by atoms with Gasteiger partial charge in [0.15, 0.2) is 0 Å². The van der Waals surface area contributed by atoms with Crippen molar-refractivity contribution in [3.63, 3.8) is 0 Å². The lowest BCUT2D eigenvalue weighted by Crippen LogP contribution is -2.20. The van der Waals surface area contributed by atoms with E-state index in [-0.39, 0.29) is 12.2 Å². The van der Waals surface area contributed by atoms with Gasteiger partial charge in [0.05, 0.1) is 6.61 Å².